The Morgan fingerprint density at radius 1 is 1.14 bits per heavy atom. The molecule has 0 aliphatic heterocycles. The number of aliphatic hydroxyl groups excluding tert-OH is 1. The summed E-state index contributed by atoms with van der Waals surface area (Å²) in [4.78, 5) is 4.63. The number of benzene rings is 1. The Morgan fingerprint density at radius 2 is 2.00 bits per heavy atom. The number of nitrogens with one attached hydrogen (secondary N) is 1. The molecule has 0 saturated carbocycles. The standard InChI is InChI=1S/C16H16N2OS2/c19-9-15(12-4-2-1-3-5-12)17-8-14-11-21-16(18-14)13-6-7-20-10-13/h1-7,10-11,15,17,19H,8-9H2. The zero-order valence-corrected chi connectivity index (χ0v) is 13.0. The second-order valence-electron chi connectivity index (χ2n) is 4.68. The Bertz CT molecular complexity index is 665. The van der Waals surface area contributed by atoms with E-state index in [0.717, 1.165) is 16.3 Å². The quantitative estimate of drug-likeness (QED) is 0.729. The zero-order valence-electron chi connectivity index (χ0n) is 11.4. The van der Waals surface area contributed by atoms with E-state index in [1.54, 1.807) is 22.7 Å². The first-order valence-corrected chi connectivity index (χ1v) is 8.55. The van der Waals surface area contributed by atoms with Crippen molar-refractivity contribution >= 4 is 22.7 Å². The molecular formula is C16H16N2OS2. The average Bonchev–Trinajstić information content (AvgIpc) is 3.20. The molecule has 2 N–H and O–H groups in total. The lowest BCUT2D eigenvalue weighted by Crippen LogP contribution is -2.24. The van der Waals surface area contributed by atoms with E-state index >= 15 is 0 Å². The summed E-state index contributed by atoms with van der Waals surface area (Å²) in [5.41, 5.74) is 3.28. The van der Waals surface area contributed by atoms with Crippen molar-refractivity contribution in [2.75, 3.05) is 6.61 Å². The largest absolute Gasteiger partial charge is 0.394 e. The minimum absolute atomic E-state index is 0.0579. The minimum Gasteiger partial charge on any atom is -0.394 e. The SMILES string of the molecule is OCC(NCc1csc(-c2ccsc2)n1)c1ccccc1. The summed E-state index contributed by atoms with van der Waals surface area (Å²) >= 11 is 3.34. The van der Waals surface area contributed by atoms with Crippen molar-refractivity contribution in [3.05, 3.63) is 63.8 Å². The Kier molecular flexibility index (Phi) is 4.77. The van der Waals surface area contributed by atoms with Crippen LogP contribution in [-0.4, -0.2) is 16.7 Å². The molecule has 2 aromatic heterocycles. The van der Waals surface area contributed by atoms with Crippen molar-refractivity contribution in [1.82, 2.24) is 10.3 Å². The normalized spacial score (nSPS) is 12.4. The Morgan fingerprint density at radius 3 is 2.71 bits per heavy atom. The predicted molar refractivity (Wildman–Crippen MR) is 88.5 cm³/mol. The summed E-state index contributed by atoms with van der Waals surface area (Å²) in [6.45, 7) is 0.728. The number of aliphatic hydroxyl groups is 1. The van der Waals surface area contributed by atoms with Gasteiger partial charge in [0.2, 0.25) is 0 Å². The van der Waals surface area contributed by atoms with Gasteiger partial charge in [-0.2, -0.15) is 11.3 Å². The smallest absolute Gasteiger partial charge is 0.124 e. The van der Waals surface area contributed by atoms with Crippen LogP contribution in [0.3, 0.4) is 0 Å². The highest BCUT2D eigenvalue weighted by Gasteiger charge is 2.11. The highest BCUT2D eigenvalue weighted by atomic mass is 32.1. The fourth-order valence-corrected chi connectivity index (χ4v) is 3.64. The maximum atomic E-state index is 9.53. The van der Waals surface area contributed by atoms with Crippen LogP contribution in [0.15, 0.2) is 52.5 Å². The van der Waals surface area contributed by atoms with E-state index in [1.807, 2.05) is 30.3 Å². The molecule has 5 heteroatoms. The molecule has 0 radical (unpaired) electrons. The van der Waals surface area contributed by atoms with Gasteiger partial charge in [-0.15, -0.1) is 11.3 Å². The van der Waals surface area contributed by atoms with Gasteiger partial charge in [0.15, 0.2) is 0 Å². The summed E-state index contributed by atoms with van der Waals surface area (Å²) in [5.74, 6) is 0. The fourth-order valence-electron chi connectivity index (χ4n) is 2.11. The zero-order chi connectivity index (χ0) is 14.5. The molecule has 0 amide bonds. The van der Waals surface area contributed by atoms with Gasteiger partial charge in [0.25, 0.3) is 0 Å². The number of thiophene rings is 1. The lowest BCUT2D eigenvalue weighted by molar-refractivity contribution is 0.243. The van der Waals surface area contributed by atoms with Crippen molar-refractivity contribution in [2.24, 2.45) is 0 Å². The van der Waals surface area contributed by atoms with Gasteiger partial charge in [-0.05, 0) is 17.0 Å². The Balaban J connectivity index is 1.64. The van der Waals surface area contributed by atoms with Gasteiger partial charge in [0.1, 0.15) is 5.01 Å². The molecule has 0 fully saturated rings. The van der Waals surface area contributed by atoms with Crippen molar-refractivity contribution < 1.29 is 5.11 Å². The van der Waals surface area contributed by atoms with Crippen LogP contribution in [0.25, 0.3) is 10.6 Å². The maximum absolute atomic E-state index is 9.53. The van der Waals surface area contributed by atoms with Crippen LogP contribution >= 0.6 is 22.7 Å². The number of thiazole rings is 1. The molecule has 0 bridgehead atoms. The number of aromatic nitrogens is 1. The molecule has 1 unspecified atom stereocenters. The first-order chi connectivity index (χ1) is 10.4. The van der Waals surface area contributed by atoms with E-state index in [2.05, 4.69) is 32.5 Å². The van der Waals surface area contributed by atoms with Crippen molar-refractivity contribution in [1.29, 1.82) is 0 Å². The molecule has 108 valence electrons. The second kappa shape index (κ2) is 6.95. The lowest BCUT2D eigenvalue weighted by atomic mass is 10.1. The number of hydrogen-bond donors (Lipinski definition) is 2. The summed E-state index contributed by atoms with van der Waals surface area (Å²) < 4.78 is 0. The van der Waals surface area contributed by atoms with Crippen LogP contribution in [0.1, 0.15) is 17.3 Å². The van der Waals surface area contributed by atoms with Crippen LogP contribution in [0.2, 0.25) is 0 Å². The van der Waals surface area contributed by atoms with E-state index in [1.165, 1.54) is 5.56 Å². The molecule has 2 heterocycles. The van der Waals surface area contributed by atoms with Crippen LogP contribution in [-0.2, 0) is 6.54 Å². The first-order valence-electron chi connectivity index (χ1n) is 6.73. The van der Waals surface area contributed by atoms with Gasteiger partial charge in [0, 0.05) is 22.9 Å². The molecule has 0 spiro atoms. The third kappa shape index (κ3) is 3.57. The first kappa shape index (κ1) is 14.4. The van der Waals surface area contributed by atoms with Gasteiger partial charge >= 0.3 is 0 Å². The number of hydrogen-bond acceptors (Lipinski definition) is 5. The summed E-state index contributed by atoms with van der Waals surface area (Å²) in [6, 6.07) is 12.0. The number of nitrogens with zero attached hydrogens (tertiary/aromatic N) is 1. The van der Waals surface area contributed by atoms with E-state index in [0.29, 0.717) is 6.54 Å². The molecule has 0 aliphatic carbocycles. The molecule has 21 heavy (non-hydrogen) atoms. The van der Waals surface area contributed by atoms with Crippen LogP contribution in [0.4, 0.5) is 0 Å². The molecule has 3 aromatic rings. The van der Waals surface area contributed by atoms with Gasteiger partial charge in [0.05, 0.1) is 18.3 Å². The van der Waals surface area contributed by atoms with E-state index in [9.17, 15) is 5.11 Å². The molecule has 1 atom stereocenters. The van der Waals surface area contributed by atoms with Gasteiger partial charge in [-0.1, -0.05) is 30.3 Å². The maximum Gasteiger partial charge on any atom is 0.124 e. The van der Waals surface area contributed by atoms with Crippen LogP contribution in [0, 0.1) is 0 Å². The summed E-state index contributed by atoms with van der Waals surface area (Å²) in [7, 11) is 0. The average molecular weight is 316 g/mol. The van der Waals surface area contributed by atoms with Crippen molar-refractivity contribution in [3.8, 4) is 10.6 Å². The van der Waals surface area contributed by atoms with Crippen molar-refractivity contribution in [3.63, 3.8) is 0 Å². The van der Waals surface area contributed by atoms with Crippen LogP contribution < -0.4 is 5.32 Å². The summed E-state index contributed by atoms with van der Waals surface area (Å²) in [6.07, 6.45) is 0. The highest BCUT2D eigenvalue weighted by molar-refractivity contribution is 7.14. The van der Waals surface area contributed by atoms with Gasteiger partial charge in [-0.25, -0.2) is 4.98 Å². The molecule has 0 saturated heterocycles. The van der Waals surface area contributed by atoms with Crippen LogP contribution in [0.5, 0.6) is 0 Å². The highest BCUT2D eigenvalue weighted by Crippen LogP contribution is 2.25. The number of rotatable bonds is 6. The fraction of sp³-hybridized carbons (Fsp3) is 0.188. The monoisotopic (exact) mass is 316 g/mol. The molecular weight excluding hydrogens is 300 g/mol. The topological polar surface area (TPSA) is 45.1 Å². The lowest BCUT2D eigenvalue weighted by Gasteiger charge is -2.15. The molecule has 0 aliphatic rings. The predicted octanol–water partition coefficient (Wildman–Crippen LogP) is 3.69. The van der Waals surface area contributed by atoms with E-state index < -0.39 is 0 Å². The second-order valence-corrected chi connectivity index (χ2v) is 6.32. The van der Waals surface area contributed by atoms with Gasteiger partial charge < -0.3 is 10.4 Å². The third-order valence-corrected chi connectivity index (χ3v) is 4.86. The molecule has 3 rings (SSSR count). The van der Waals surface area contributed by atoms with E-state index in [4.69, 9.17) is 0 Å². The summed E-state index contributed by atoms with van der Waals surface area (Å²) in [5, 5.41) is 20.2. The minimum atomic E-state index is -0.0579. The van der Waals surface area contributed by atoms with Crippen molar-refractivity contribution in [2.45, 2.75) is 12.6 Å². The van der Waals surface area contributed by atoms with E-state index in [-0.39, 0.29) is 12.6 Å². The Hall–Kier alpha value is -1.53. The molecule has 1 aromatic carbocycles. The molecule has 3 nitrogen and oxygen atoms in total. The third-order valence-electron chi connectivity index (χ3n) is 3.23. The van der Waals surface area contributed by atoms with Gasteiger partial charge in [-0.3, -0.25) is 0 Å². The Labute approximate surface area is 131 Å².